The average Bonchev–Trinajstić information content (AvgIpc) is 2.65. The van der Waals surface area contributed by atoms with Gasteiger partial charge in [-0.3, -0.25) is 0 Å². The van der Waals surface area contributed by atoms with Gasteiger partial charge in [-0.2, -0.15) is 13.2 Å². The Hall–Kier alpha value is -2.54. The molecule has 2 aromatic carbocycles. The van der Waals surface area contributed by atoms with E-state index in [-0.39, 0.29) is 16.9 Å². The fourth-order valence-electron chi connectivity index (χ4n) is 2.78. The Morgan fingerprint density at radius 1 is 1.14 bits per heavy atom. The summed E-state index contributed by atoms with van der Waals surface area (Å²) in [5, 5.41) is 10.9. The van der Waals surface area contributed by atoms with Crippen LogP contribution in [0.2, 0.25) is 0 Å². The molecule has 152 valence electrons. The highest BCUT2D eigenvalue weighted by Gasteiger charge is 2.57. The number of benzene rings is 2. The predicted molar refractivity (Wildman–Crippen MR) is 104 cm³/mol. The molecule has 2 rings (SSSR count). The molecule has 1 atom stereocenters. The number of aliphatic hydroxyl groups is 1. The quantitative estimate of drug-likeness (QED) is 0.570. The van der Waals surface area contributed by atoms with Gasteiger partial charge >= 0.3 is 6.18 Å². The highest BCUT2D eigenvalue weighted by atomic mass is 19.4. The number of methoxy groups -OCH3 is 1. The van der Waals surface area contributed by atoms with Gasteiger partial charge in [0, 0.05) is 25.2 Å². The van der Waals surface area contributed by atoms with E-state index in [1.807, 2.05) is 18.9 Å². The van der Waals surface area contributed by atoms with Gasteiger partial charge in [-0.15, -0.1) is 0 Å². The van der Waals surface area contributed by atoms with Crippen LogP contribution in [-0.2, 0) is 5.60 Å². The standard InChI is InChI=1S/C21H25F3N2O2/c1-6-26(4)13-25-18-12-19(28-5)17(11-15(18)3)20(27,21(22,23)24)16-9-7-14(2)8-10-16/h7-13,27H,6H2,1-5H3/b25-13+. The van der Waals surface area contributed by atoms with Crippen molar-refractivity contribution in [2.45, 2.75) is 32.5 Å². The molecule has 0 spiro atoms. The van der Waals surface area contributed by atoms with Crippen LogP contribution in [0.15, 0.2) is 41.4 Å². The van der Waals surface area contributed by atoms with Gasteiger partial charge in [0.2, 0.25) is 5.60 Å². The van der Waals surface area contributed by atoms with Crippen LogP contribution >= 0.6 is 0 Å². The lowest BCUT2D eigenvalue weighted by Gasteiger charge is -2.33. The van der Waals surface area contributed by atoms with Gasteiger partial charge in [0.15, 0.2) is 0 Å². The zero-order chi connectivity index (χ0) is 21.1. The molecular formula is C21H25F3N2O2. The number of aryl methyl sites for hydroxylation is 2. The molecule has 7 heteroatoms. The molecule has 2 aromatic rings. The van der Waals surface area contributed by atoms with Gasteiger partial charge in [0.25, 0.3) is 0 Å². The Balaban J connectivity index is 2.69. The van der Waals surface area contributed by atoms with E-state index < -0.39 is 11.8 Å². The van der Waals surface area contributed by atoms with Crippen molar-refractivity contribution < 1.29 is 23.0 Å². The lowest BCUT2D eigenvalue weighted by Crippen LogP contribution is -2.43. The molecule has 0 aliphatic rings. The zero-order valence-corrected chi connectivity index (χ0v) is 16.6. The largest absolute Gasteiger partial charge is 0.496 e. The topological polar surface area (TPSA) is 45.1 Å². The number of rotatable bonds is 6. The Kier molecular flexibility index (Phi) is 6.39. The average molecular weight is 394 g/mol. The van der Waals surface area contributed by atoms with E-state index in [9.17, 15) is 18.3 Å². The monoisotopic (exact) mass is 394 g/mol. The number of ether oxygens (including phenoxy) is 1. The number of nitrogens with zero attached hydrogens (tertiary/aromatic N) is 2. The Labute approximate surface area is 163 Å². The second-order valence-electron chi connectivity index (χ2n) is 6.73. The minimum absolute atomic E-state index is 0.0858. The molecule has 1 unspecified atom stereocenters. The van der Waals surface area contributed by atoms with Crippen LogP contribution in [0.5, 0.6) is 5.75 Å². The van der Waals surface area contributed by atoms with Crippen LogP contribution in [0.3, 0.4) is 0 Å². The molecule has 0 aliphatic carbocycles. The lowest BCUT2D eigenvalue weighted by molar-refractivity contribution is -0.248. The second-order valence-corrected chi connectivity index (χ2v) is 6.73. The van der Waals surface area contributed by atoms with Gasteiger partial charge in [-0.25, -0.2) is 4.99 Å². The van der Waals surface area contributed by atoms with Crippen molar-refractivity contribution in [2.75, 3.05) is 20.7 Å². The fraction of sp³-hybridized carbons (Fsp3) is 0.381. The number of hydrogen-bond donors (Lipinski definition) is 1. The summed E-state index contributed by atoms with van der Waals surface area (Å²) in [6, 6.07) is 8.31. The van der Waals surface area contributed by atoms with Crippen LogP contribution in [0.4, 0.5) is 18.9 Å². The van der Waals surface area contributed by atoms with Gasteiger partial charge in [-0.1, -0.05) is 29.8 Å². The van der Waals surface area contributed by atoms with Gasteiger partial charge in [0.05, 0.1) is 19.1 Å². The maximum absolute atomic E-state index is 14.1. The summed E-state index contributed by atoms with van der Waals surface area (Å²) in [6.07, 6.45) is -3.35. The summed E-state index contributed by atoms with van der Waals surface area (Å²) in [7, 11) is 3.11. The highest BCUT2D eigenvalue weighted by molar-refractivity contribution is 5.66. The molecular weight excluding hydrogens is 369 g/mol. The summed E-state index contributed by atoms with van der Waals surface area (Å²) in [5.41, 5.74) is -2.10. The molecule has 28 heavy (non-hydrogen) atoms. The fourth-order valence-corrected chi connectivity index (χ4v) is 2.78. The van der Waals surface area contributed by atoms with Gasteiger partial charge in [0.1, 0.15) is 5.75 Å². The van der Waals surface area contributed by atoms with E-state index in [1.165, 1.54) is 43.5 Å². The predicted octanol–water partition coefficient (Wildman–Crippen LogP) is 4.72. The zero-order valence-electron chi connectivity index (χ0n) is 16.6. The Morgan fingerprint density at radius 2 is 1.75 bits per heavy atom. The van der Waals surface area contributed by atoms with Crippen LogP contribution in [0, 0.1) is 13.8 Å². The van der Waals surface area contributed by atoms with E-state index in [2.05, 4.69) is 4.99 Å². The molecule has 0 heterocycles. The second kappa shape index (κ2) is 8.22. The number of halogens is 3. The van der Waals surface area contributed by atoms with Crippen molar-refractivity contribution >= 4 is 12.0 Å². The van der Waals surface area contributed by atoms with Crippen LogP contribution in [0.25, 0.3) is 0 Å². The third-order valence-corrected chi connectivity index (χ3v) is 4.68. The normalized spacial score (nSPS) is 14.2. The van der Waals surface area contributed by atoms with Gasteiger partial charge in [-0.05, 0) is 38.0 Å². The molecule has 1 N–H and O–H groups in total. The van der Waals surface area contributed by atoms with E-state index in [0.717, 1.165) is 12.1 Å². The maximum Gasteiger partial charge on any atom is 0.425 e. The number of aliphatic imine (C=N–C) groups is 1. The summed E-state index contributed by atoms with van der Waals surface area (Å²) in [5.74, 6) is -0.0858. The minimum Gasteiger partial charge on any atom is -0.496 e. The van der Waals surface area contributed by atoms with E-state index in [1.54, 1.807) is 20.2 Å². The Morgan fingerprint density at radius 3 is 2.25 bits per heavy atom. The minimum atomic E-state index is -4.95. The molecule has 0 bridgehead atoms. The Bertz CT molecular complexity index is 848. The van der Waals surface area contributed by atoms with Gasteiger partial charge < -0.3 is 14.7 Å². The summed E-state index contributed by atoms with van der Waals surface area (Å²) >= 11 is 0. The van der Waals surface area contributed by atoms with Crippen LogP contribution in [0.1, 0.15) is 29.2 Å². The summed E-state index contributed by atoms with van der Waals surface area (Å²) < 4.78 is 47.5. The van der Waals surface area contributed by atoms with Crippen molar-refractivity contribution in [3.05, 3.63) is 58.7 Å². The van der Waals surface area contributed by atoms with Crippen molar-refractivity contribution in [1.82, 2.24) is 4.90 Å². The molecule has 0 radical (unpaired) electrons. The summed E-state index contributed by atoms with van der Waals surface area (Å²) in [6.45, 7) is 6.10. The smallest absolute Gasteiger partial charge is 0.425 e. The SMILES string of the molecule is CCN(C)/C=N/c1cc(OC)c(C(O)(c2ccc(C)cc2)C(F)(F)F)cc1C. The van der Waals surface area contributed by atoms with Crippen LogP contribution < -0.4 is 4.74 Å². The third kappa shape index (κ3) is 4.14. The molecule has 4 nitrogen and oxygen atoms in total. The third-order valence-electron chi connectivity index (χ3n) is 4.68. The number of alkyl halides is 3. The van der Waals surface area contributed by atoms with E-state index in [4.69, 9.17) is 4.74 Å². The molecule has 0 amide bonds. The lowest BCUT2D eigenvalue weighted by atomic mass is 9.83. The number of hydrogen-bond acceptors (Lipinski definition) is 3. The van der Waals surface area contributed by atoms with Crippen LogP contribution in [-0.4, -0.2) is 43.2 Å². The molecule has 0 aliphatic heterocycles. The van der Waals surface area contributed by atoms with Crippen molar-refractivity contribution in [1.29, 1.82) is 0 Å². The van der Waals surface area contributed by atoms with Crippen molar-refractivity contribution in [3.8, 4) is 5.75 Å². The van der Waals surface area contributed by atoms with Crippen molar-refractivity contribution in [2.24, 2.45) is 4.99 Å². The highest BCUT2D eigenvalue weighted by Crippen LogP contribution is 2.48. The first-order valence-corrected chi connectivity index (χ1v) is 8.84. The first kappa shape index (κ1) is 21.8. The maximum atomic E-state index is 14.1. The van der Waals surface area contributed by atoms with E-state index >= 15 is 0 Å². The molecule has 0 fully saturated rings. The van der Waals surface area contributed by atoms with Crippen molar-refractivity contribution in [3.63, 3.8) is 0 Å². The van der Waals surface area contributed by atoms with E-state index in [0.29, 0.717) is 11.3 Å². The summed E-state index contributed by atoms with van der Waals surface area (Å²) in [4.78, 5) is 6.14. The molecule has 0 aromatic heterocycles. The molecule has 0 saturated heterocycles. The first-order valence-electron chi connectivity index (χ1n) is 8.84. The first-order chi connectivity index (χ1) is 13.0. The molecule has 0 saturated carbocycles.